The highest BCUT2D eigenvalue weighted by Gasteiger charge is 2.25. The molecule has 0 bridgehead atoms. The van der Waals surface area contributed by atoms with Gasteiger partial charge >= 0.3 is 0 Å². The first-order valence-electron chi connectivity index (χ1n) is 7.22. The Labute approximate surface area is 131 Å². The van der Waals surface area contributed by atoms with E-state index in [1.54, 1.807) is 36.0 Å². The molecule has 6 heteroatoms. The molecule has 1 aliphatic rings. The molecule has 0 saturated carbocycles. The van der Waals surface area contributed by atoms with Gasteiger partial charge in [0.05, 0.1) is 11.4 Å². The Hall–Kier alpha value is -1.01. The molecular formula is C15H22N2O2S2. The third-order valence-electron chi connectivity index (χ3n) is 3.79. The fourth-order valence-electron chi connectivity index (χ4n) is 2.43. The SMILES string of the molecule is CCC(CC)C1CN=C(Nc2ccc(S(C)(=O)=O)cc2)S1. The number of nitrogens with one attached hydrogen (secondary N) is 1. The molecule has 1 aromatic carbocycles. The van der Waals surface area contributed by atoms with Gasteiger partial charge in [-0.25, -0.2) is 8.42 Å². The van der Waals surface area contributed by atoms with Crippen LogP contribution in [0.2, 0.25) is 0 Å². The molecule has 4 nitrogen and oxygen atoms in total. The number of sulfone groups is 1. The molecule has 2 rings (SSSR count). The molecule has 1 heterocycles. The number of anilines is 1. The van der Waals surface area contributed by atoms with Crippen molar-refractivity contribution in [3.05, 3.63) is 24.3 Å². The van der Waals surface area contributed by atoms with E-state index in [0.29, 0.717) is 16.1 Å². The summed E-state index contributed by atoms with van der Waals surface area (Å²) in [5.41, 5.74) is 0.874. The van der Waals surface area contributed by atoms with Crippen LogP contribution in [0.25, 0.3) is 0 Å². The van der Waals surface area contributed by atoms with Crippen molar-refractivity contribution < 1.29 is 8.42 Å². The fourth-order valence-corrected chi connectivity index (χ4v) is 4.40. The Morgan fingerprint density at radius 1 is 1.29 bits per heavy atom. The summed E-state index contributed by atoms with van der Waals surface area (Å²) in [5.74, 6) is 0.700. The van der Waals surface area contributed by atoms with Gasteiger partial charge in [-0.1, -0.05) is 38.5 Å². The lowest BCUT2D eigenvalue weighted by molar-refractivity contribution is 0.479. The van der Waals surface area contributed by atoms with Gasteiger partial charge in [-0.05, 0) is 30.2 Å². The summed E-state index contributed by atoms with van der Waals surface area (Å²) in [6.45, 7) is 5.31. The lowest BCUT2D eigenvalue weighted by Gasteiger charge is -2.18. The first-order chi connectivity index (χ1) is 9.94. The predicted octanol–water partition coefficient (Wildman–Crippen LogP) is 3.41. The van der Waals surface area contributed by atoms with Gasteiger partial charge in [0.25, 0.3) is 0 Å². The second kappa shape index (κ2) is 6.83. The Kier molecular flexibility index (Phi) is 5.32. The molecule has 1 N–H and O–H groups in total. The van der Waals surface area contributed by atoms with Gasteiger partial charge in [0, 0.05) is 17.2 Å². The second-order valence-electron chi connectivity index (χ2n) is 5.30. The van der Waals surface area contributed by atoms with Crippen LogP contribution in [0, 0.1) is 5.92 Å². The number of thioether (sulfide) groups is 1. The standard InChI is InChI=1S/C15H22N2O2S2/c1-4-11(5-2)14-10-16-15(20-14)17-12-6-8-13(9-7-12)21(3,18)19/h6-9,11,14H,4-5,10H2,1-3H3,(H,16,17). The van der Waals surface area contributed by atoms with Crippen molar-refractivity contribution >= 4 is 32.5 Å². The van der Waals surface area contributed by atoms with Gasteiger partial charge in [0.2, 0.25) is 0 Å². The topological polar surface area (TPSA) is 58.5 Å². The zero-order valence-electron chi connectivity index (χ0n) is 12.7. The molecule has 0 aliphatic carbocycles. The second-order valence-corrected chi connectivity index (χ2v) is 8.54. The van der Waals surface area contributed by atoms with Gasteiger partial charge in [-0.15, -0.1) is 0 Å². The van der Waals surface area contributed by atoms with Crippen molar-refractivity contribution in [2.24, 2.45) is 10.9 Å². The minimum Gasteiger partial charge on any atom is -0.335 e. The number of rotatable bonds is 5. The van der Waals surface area contributed by atoms with Gasteiger partial charge in [0.15, 0.2) is 15.0 Å². The number of hydrogen-bond donors (Lipinski definition) is 1. The van der Waals surface area contributed by atoms with E-state index < -0.39 is 9.84 Å². The zero-order chi connectivity index (χ0) is 15.5. The van der Waals surface area contributed by atoms with E-state index in [1.165, 1.54) is 19.1 Å². The maximum atomic E-state index is 11.4. The van der Waals surface area contributed by atoms with E-state index in [9.17, 15) is 8.42 Å². The quantitative estimate of drug-likeness (QED) is 0.901. The first kappa shape index (κ1) is 16.4. The van der Waals surface area contributed by atoms with E-state index in [0.717, 1.165) is 17.4 Å². The molecule has 1 atom stereocenters. The molecule has 1 unspecified atom stereocenters. The average Bonchev–Trinajstić information content (AvgIpc) is 2.88. The predicted molar refractivity (Wildman–Crippen MR) is 90.9 cm³/mol. The molecule has 116 valence electrons. The molecule has 0 radical (unpaired) electrons. The summed E-state index contributed by atoms with van der Waals surface area (Å²) in [4.78, 5) is 4.89. The van der Waals surface area contributed by atoms with E-state index in [4.69, 9.17) is 0 Å². The van der Waals surface area contributed by atoms with Crippen molar-refractivity contribution in [2.75, 3.05) is 18.1 Å². The zero-order valence-corrected chi connectivity index (χ0v) is 14.3. The van der Waals surface area contributed by atoms with Gasteiger partial charge in [-0.2, -0.15) is 0 Å². The molecule has 21 heavy (non-hydrogen) atoms. The highest BCUT2D eigenvalue weighted by atomic mass is 32.2. The van der Waals surface area contributed by atoms with Gasteiger partial charge in [-0.3, -0.25) is 4.99 Å². The van der Waals surface area contributed by atoms with Gasteiger partial charge < -0.3 is 5.32 Å². The van der Waals surface area contributed by atoms with Gasteiger partial charge in [0.1, 0.15) is 0 Å². The number of aliphatic imine (C=N–C) groups is 1. The minimum atomic E-state index is -3.14. The van der Waals surface area contributed by atoms with Crippen LogP contribution in [0.4, 0.5) is 5.69 Å². The van der Waals surface area contributed by atoms with Crippen LogP contribution in [-0.4, -0.2) is 31.6 Å². The molecule has 1 aliphatic heterocycles. The van der Waals surface area contributed by atoms with Crippen LogP contribution in [0.15, 0.2) is 34.2 Å². The molecular weight excluding hydrogens is 304 g/mol. The van der Waals surface area contributed by atoms with Crippen LogP contribution in [-0.2, 0) is 9.84 Å². The summed E-state index contributed by atoms with van der Waals surface area (Å²) in [5, 5.41) is 4.75. The number of benzene rings is 1. The van der Waals surface area contributed by atoms with Crippen LogP contribution in [0.5, 0.6) is 0 Å². The maximum Gasteiger partial charge on any atom is 0.175 e. The highest BCUT2D eigenvalue weighted by molar-refractivity contribution is 8.15. The first-order valence-corrected chi connectivity index (χ1v) is 9.99. The van der Waals surface area contributed by atoms with E-state index in [-0.39, 0.29) is 0 Å². The Balaban J connectivity index is 1.97. The van der Waals surface area contributed by atoms with E-state index in [1.807, 2.05) is 0 Å². The smallest absolute Gasteiger partial charge is 0.175 e. The maximum absolute atomic E-state index is 11.4. The van der Waals surface area contributed by atoms with Crippen LogP contribution < -0.4 is 5.32 Å². The summed E-state index contributed by atoms with van der Waals surface area (Å²) in [7, 11) is -3.14. The summed E-state index contributed by atoms with van der Waals surface area (Å²) in [6, 6.07) is 6.81. The lowest BCUT2D eigenvalue weighted by Crippen LogP contribution is -2.17. The summed E-state index contributed by atoms with van der Waals surface area (Å²) < 4.78 is 22.8. The van der Waals surface area contributed by atoms with Crippen molar-refractivity contribution in [3.63, 3.8) is 0 Å². The van der Waals surface area contributed by atoms with Crippen molar-refractivity contribution in [1.82, 2.24) is 0 Å². The highest BCUT2D eigenvalue weighted by Crippen LogP contribution is 2.31. The van der Waals surface area contributed by atoms with Crippen molar-refractivity contribution in [1.29, 1.82) is 0 Å². The lowest BCUT2D eigenvalue weighted by atomic mass is 9.99. The normalized spacial score (nSPS) is 18.9. The van der Waals surface area contributed by atoms with E-state index in [2.05, 4.69) is 24.2 Å². The average molecular weight is 326 g/mol. The third kappa shape index (κ3) is 4.23. The molecule has 0 fully saturated rings. The molecule has 0 spiro atoms. The Morgan fingerprint density at radius 2 is 1.90 bits per heavy atom. The number of amidine groups is 1. The summed E-state index contributed by atoms with van der Waals surface area (Å²) >= 11 is 1.79. The largest absolute Gasteiger partial charge is 0.335 e. The molecule has 0 amide bonds. The fraction of sp³-hybridized carbons (Fsp3) is 0.533. The van der Waals surface area contributed by atoms with Crippen molar-refractivity contribution in [2.45, 2.75) is 36.8 Å². The van der Waals surface area contributed by atoms with Crippen molar-refractivity contribution in [3.8, 4) is 0 Å². The third-order valence-corrected chi connectivity index (χ3v) is 6.21. The molecule has 1 aromatic rings. The Bertz CT molecular complexity index is 605. The monoisotopic (exact) mass is 326 g/mol. The van der Waals surface area contributed by atoms with Crippen LogP contribution in [0.1, 0.15) is 26.7 Å². The Morgan fingerprint density at radius 3 is 2.43 bits per heavy atom. The van der Waals surface area contributed by atoms with Crippen LogP contribution >= 0.6 is 11.8 Å². The number of hydrogen-bond acceptors (Lipinski definition) is 5. The van der Waals surface area contributed by atoms with E-state index >= 15 is 0 Å². The number of nitrogens with zero attached hydrogens (tertiary/aromatic N) is 1. The summed E-state index contributed by atoms with van der Waals surface area (Å²) in [6.07, 6.45) is 3.58. The molecule has 0 saturated heterocycles. The van der Waals surface area contributed by atoms with Crippen LogP contribution in [0.3, 0.4) is 0 Å². The minimum absolute atomic E-state index is 0.337. The molecule has 0 aromatic heterocycles.